The number of amides is 3. The zero-order valence-corrected chi connectivity index (χ0v) is 23.6. The summed E-state index contributed by atoms with van der Waals surface area (Å²) in [5, 5.41) is 14.4. The minimum atomic E-state index is -0.564. The second kappa shape index (κ2) is 11.2. The second-order valence-corrected chi connectivity index (χ2v) is 11.1. The Kier molecular flexibility index (Phi) is 7.29. The minimum absolute atomic E-state index is 0.0901. The zero-order chi connectivity index (χ0) is 29.3. The van der Waals surface area contributed by atoms with Gasteiger partial charge in [-0.05, 0) is 57.2 Å². The lowest BCUT2D eigenvalue weighted by Crippen LogP contribution is -2.52. The summed E-state index contributed by atoms with van der Waals surface area (Å²) >= 11 is 0. The highest BCUT2D eigenvalue weighted by molar-refractivity contribution is 5.99. The van der Waals surface area contributed by atoms with Crippen LogP contribution in [0.4, 0.5) is 26.8 Å². The van der Waals surface area contributed by atoms with E-state index in [1.807, 2.05) is 32.9 Å². The van der Waals surface area contributed by atoms with Crippen LogP contribution in [0.15, 0.2) is 48.8 Å². The summed E-state index contributed by atoms with van der Waals surface area (Å²) in [6.45, 7) is 8.94. The van der Waals surface area contributed by atoms with Crippen molar-refractivity contribution in [1.29, 1.82) is 0 Å². The second-order valence-electron chi connectivity index (χ2n) is 11.1. The molecule has 2 saturated heterocycles. The van der Waals surface area contributed by atoms with Gasteiger partial charge in [0.1, 0.15) is 5.60 Å². The summed E-state index contributed by atoms with van der Waals surface area (Å²) in [6, 6.07) is 10.3. The molecule has 0 spiro atoms. The van der Waals surface area contributed by atoms with Crippen LogP contribution in [0.5, 0.6) is 0 Å². The van der Waals surface area contributed by atoms with Gasteiger partial charge in [0.05, 0.1) is 31.1 Å². The van der Waals surface area contributed by atoms with Crippen molar-refractivity contribution in [1.82, 2.24) is 34.8 Å². The van der Waals surface area contributed by atoms with Crippen LogP contribution in [0, 0.1) is 0 Å². The number of ether oxygens (including phenoxy) is 2. The molecule has 0 saturated carbocycles. The Bertz CT molecular complexity index is 1570. The first-order valence-corrected chi connectivity index (χ1v) is 13.8. The third-order valence-electron chi connectivity index (χ3n) is 6.80. The Hall–Kier alpha value is -4.85. The first-order valence-electron chi connectivity index (χ1n) is 13.8. The standard InChI is InChI=1S/C28H32N10O4/c1-28(2,3)42-27(40)37-16-21(17-37)38-25-22(34-35-38)24(36-11-13-41-14-12-36)32-23(33-25)18-6-8-19(9-7-18)30-26(39)31-20-5-4-10-29-15-20/h4-10,15,21H,11-14,16-17H2,1-3H3,(H2,30,31,39). The van der Waals surface area contributed by atoms with E-state index in [1.54, 1.807) is 46.2 Å². The zero-order valence-electron chi connectivity index (χ0n) is 23.6. The molecule has 2 fully saturated rings. The molecule has 14 heteroatoms. The molecule has 3 aromatic heterocycles. The van der Waals surface area contributed by atoms with E-state index in [9.17, 15) is 9.59 Å². The van der Waals surface area contributed by atoms with Crippen molar-refractivity contribution < 1.29 is 19.1 Å². The van der Waals surface area contributed by atoms with E-state index >= 15 is 0 Å². The molecule has 3 amide bonds. The number of morpholine rings is 1. The normalized spacial score (nSPS) is 15.8. The third kappa shape index (κ3) is 5.93. The topological polar surface area (TPSA) is 153 Å². The molecule has 2 N–H and O–H groups in total. The van der Waals surface area contributed by atoms with E-state index in [0.29, 0.717) is 73.6 Å². The van der Waals surface area contributed by atoms with Crippen molar-refractivity contribution in [2.45, 2.75) is 32.4 Å². The van der Waals surface area contributed by atoms with Crippen LogP contribution in [-0.2, 0) is 9.47 Å². The molecule has 2 aliphatic rings. The maximum Gasteiger partial charge on any atom is 0.410 e. The van der Waals surface area contributed by atoms with Crippen molar-refractivity contribution in [2.75, 3.05) is 54.9 Å². The number of anilines is 3. The Balaban J connectivity index is 1.25. The Morgan fingerprint density at radius 3 is 2.43 bits per heavy atom. The van der Waals surface area contributed by atoms with E-state index in [0.717, 1.165) is 5.56 Å². The van der Waals surface area contributed by atoms with Crippen LogP contribution in [0.3, 0.4) is 0 Å². The van der Waals surface area contributed by atoms with Crippen molar-refractivity contribution in [3.05, 3.63) is 48.8 Å². The number of urea groups is 1. The highest BCUT2D eigenvalue weighted by atomic mass is 16.6. The number of aromatic nitrogens is 6. The fourth-order valence-corrected chi connectivity index (χ4v) is 4.70. The SMILES string of the molecule is CC(C)(C)OC(=O)N1CC(n2nnc3c(N4CCOCC4)nc(-c4ccc(NC(=O)Nc5cccnc5)cc4)nc32)C1. The molecule has 42 heavy (non-hydrogen) atoms. The number of carbonyl (C=O) groups is 2. The maximum atomic E-state index is 12.5. The molecule has 218 valence electrons. The van der Waals surface area contributed by atoms with Crippen LogP contribution in [0.25, 0.3) is 22.6 Å². The molecule has 2 aliphatic heterocycles. The number of hydrogen-bond donors (Lipinski definition) is 2. The molecule has 0 radical (unpaired) electrons. The van der Waals surface area contributed by atoms with Gasteiger partial charge in [-0.1, -0.05) is 5.21 Å². The predicted octanol–water partition coefficient (Wildman–Crippen LogP) is 3.56. The van der Waals surface area contributed by atoms with Crippen molar-refractivity contribution in [2.24, 2.45) is 0 Å². The van der Waals surface area contributed by atoms with Crippen LogP contribution >= 0.6 is 0 Å². The largest absolute Gasteiger partial charge is 0.444 e. The van der Waals surface area contributed by atoms with Gasteiger partial charge in [0, 0.05) is 43.6 Å². The number of fused-ring (bicyclic) bond motifs is 1. The summed E-state index contributed by atoms with van der Waals surface area (Å²) < 4.78 is 12.8. The number of nitrogens with zero attached hydrogens (tertiary/aromatic N) is 8. The molecule has 4 aromatic rings. The molecular formula is C28H32N10O4. The van der Waals surface area contributed by atoms with Crippen LogP contribution in [0.1, 0.15) is 26.8 Å². The molecule has 0 unspecified atom stereocenters. The van der Waals surface area contributed by atoms with E-state index in [-0.39, 0.29) is 18.2 Å². The fraction of sp³-hybridized carbons (Fsp3) is 0.393. The van der Waals surface area contributed by atoms with Gasteiger partial charge >= 0.3 is 12.1 Å². The highest BCUT2D eigenvalue weighted by Gasteiger charge is 2.37. The van der Waals surface area contributed by atoms with Gasteiger partial charge in [-0.25, -0.2) is 24.2 Å². The number of rotatable bonds is 5. The number of nitrogens with one attached hydrogen (secondary N) is 2. The minimum Gasteiger partial charge on any atom is -0.444 e. The number of hydrogen-bond acceptors (Lipinski definition) is 10. The van der Waals surface area contributed by atoms with Gasteiger partial charge < -0.3 is 29.9 Å². The fourth-order valence-electron chi connectivity index (χ4n) is 4.70. The Labute approximate surface area is 242 Å². The molecule has 5 heterocycles. The van der Waals surface area contributed by atoms with Gasteiger partial charge in [-0.3, -0.25) is 4.98 Å². The lowest BCUT2D eigenvalue weighted by molar-refractivity contribution is -0.000152. The molecule has 14 nitrogen and oxygen atoms in total. The number of carbonyl (C=O) groups excluding carboxylic acids is 2. The maximum absolute atomic E-state index is 12.5. The van der Waals surface area contributed by atoms with Gasteiger partial charge in [0.2, 0.25) is 0 Å². The van der Waals surface area contributed by atoms with E-state index < -0.39 is 5.60 Å². The Morgan fingerprint density at radius 1 is 1.00 bits per heavy atom. The van der Waals surface area contributed by atoms with Crippen LogP contribution < -0.4 is 15.5 Å². The van der Waals surface area contributed by atoms with E-state index in [2.05, 4.69) is 30.8 Å². The summed E-state index contributed by atoms with van der Waals surface area (Å²) in [5.41, 5.74) is 2.59. The first-order chi connectivity index (χ1) is 20.2. The van der Waals surface area contributed by atoms with Crippen molar-refractivity contribution >= 4 is 40.5 Å². The molecule has 1 aromatic carbocycles. The Morgan fingerprint density at radius 2 is 1.74 bits per heavy atom. The summed E-state index contributed by atoms with van der Waals surface area (Å²) in [5.74, 6) is 1.19. The summed E-state index contributed by atoms with van der Waals surface area (Å²) in [7, 11) is 0. The molecule has 0 bridgehead atoms. The third-order valence-corrected chi connectivity index (χ3v) is 6.80. The summed E-state index contributed by atoms with van der Waals surface area (Å²) in [4.78, 5) is 42.4. The average Bonchev–Trinajstić information content (AvgIpc) is 3.36. The van der Waals surface area contributed by atoms with Crippen LogP contribution in [0.2, 0.25) is 0 Å². The van der Waals surface area contributed by atoms with Gasteiger partial charge in [0.15, 0.2) is 22.8 Å². The lowest BCUT2D eigenvalue weighted by Gasteiger charge is -2.39. The highest BCUT2D eigenvalue weighted by Crippen LogP contribution is 2.31. The number of likely N-dealkylation sites (tertiary alicyclic amines) is 1. The first kappa shape index (κ1) is 27.3. The lowest BCUT2D eigenvalue weighted by atomic mass is 10.1. The predicted molar refractivity (Wildman–Crippen MR) is 155 cm³/mol. The van der Waals surface area contributed by atoms with Crippen molar-refractivity contribution in [3.63, 3.8) is 0 Å². The smallest absolute Gasteiger partial charge is 0.410 e. The van der Waals surface area contributed by atoms with Gasteiger partial charge in [-0.15, -0.1) is 5.10 Å². The summed E-state index contributed by atoms with van der Waals surface area (Å²) in [6.07, 6.45) is 2.86. The van der Waals surface area contributed by atoms with Crippen molar-refractivity contribution in [3.8, 4) is 11.4 Å². The molecule has 0 aliphatic carbocycles. The average molecular weight is 573 g/mol. The van der Waals surface area contributed by atoms with E-state index in [4.69, 9.17) is 19.4 Å². The molecule has 6 rings (SSSR count). The molecule has 0 atom stereocenters. The van der Waals surface area contributed by atoms with E-state index in [1.165, 1.54) is 0 Å². The quantitative estimate of drug-likeness (QED) is 0.363. The molecular weight excluding hydrogens is 540 g/mol. The monoisotopic (exact) mass is 572 g/mol. The van der Waals surface area contributed by atoms with Crippen LogP contribution in [-0.4, -0.2) is 92.0 Å². The van der Waals surface area contributed by atoms with Gasteiger partial charge in [-0.2, -0.15) is 0 Å². The number of benzene rings is 1. The van der Waals surface area contributed by atoms with Gasteiger partial charge in [0.25, 0.3) is 0 Å². The number of pyridine rings is 1.